The standard InChI is InChI=1S/C11H15N3O/c1-13-6-8-14(9-7-13)11-5-3-2-4-10(11)12-15/h2-5H,6-9H2,1H3. The Hall–Kier alpha value is -1.42. The summed E-state index contributed by atoms with van der Waals surface area (Å²) < 4.78 is 0. The van der Waals surface area contributed by atoms with Crippen molar-refractivity contribution in [2.24, 2.45) is 5.18 Å². The molecule has 0 spiro atoms. The predicted molar refractivity (Wildman–Crippen MR) is 61.6 cm³/mol. The van der Waals surface area contributed by atoms with Crippen molar-refractivity contribution in [3.63, 3.8) is 0 Å². The minimum absolute atomic E-state index is 0.544. The van der Waals surface area contributed by atoms with Gasteiger partial charge in [-0.3, -0.25) is 0 Å². The minimum atomic E-state index is 0.544. The lowest BCUT2D eigenvalue weighted by Crippen LogP contribution is -2.44. The normalized spacial score (nSPS) is 17.8. The van der Waals surface area contributed by atoms with Crippen LogP contribution in [0, 0.1) is 4.91 Å². The second-order valence-electron chi connectivity index (χ2n) is 3.87. The Kier molecular flexibility index (Phi) is 2.97. The van der Waals surface area contributed by atoms with Crippen LogP contribution in [0.3, 0.4) is 0 Å². The van der Waals surface area contributed by atoms with Crippen molar-refractivity contribution in [1.82, 2.24) is 4.90 Å². The van der Waals surface area contributed by atoms with Gasteiger partial charge in [-0.25, -0.2) is 0 Å². The second kappa shape index (κ2) is 4.40. The van der Waals surface area contributed by atoms with Crippen LogP contribution in [0.5, 0.6) is 0 Å². The first kappa shape index (κ1) is 10.1. The van der Waals surface area contributed by atoms with E-state index in [1.54, 1.807) is 6.07 Å². The highest BCUT2D eigenvalue weighted by atomic mass is 16.3. The molecule has 2 rings (SSSR count). The number of hydrogen-bond acceptors (Lipinski definition) is 4. The molecular weight excluding hydrogens is 190 g/mol. The van der Waals surface area contributed by atoms with Gasteiger partial charge in [0.25, 0.3) is 0 Å². The number of rotatable bonds is 2. The fraction of sp³-hybridized carbons (Fsp3) is 0.455. The summed E-state index contributed by atoms with van der Waals surface area (Å²) in [6.45, 7) is 3.99. The van der Waals surface area contributed by atoms with Crippen LogP contribution < -0.4 is 4.90 Å². The molecule has 1 saturated heterocycles. The van der Waals surface area contributed by atoms with Gasteiger partial charge in [-0.2, -0.15) is 0 Å². The second-order valence-corrected chi connectivity index (χ2v) is 3.87. The minimum Gasteiger partial charge on any atom is -0.367 e. The van der Waals surface area contributed by atoms with Gasteiger partial charge in [0.05, 0.1) is 5.69 Å². The summed E-state index contributed by atoms with van der Waals surface area (Å²) in [4.78, 5) is 15.2. The number of anilines is 1. The van der Waals surface area contributed by atoms with E-state index in [9.17, 15) is 4.91 Å². The first-order chi connectivity index (χ1) is 7.31. The SMILES string of the molecule is CN1CCN(c2ccccc2N=O)CC1. The van der Waals surface area contributed by atoms with E-state index in [2.05, 4.69) is 22.0 Å². The first-order valence-corrected chi connectivity index (χ1v) is 5.17. The number of piperazine rings is 1. The van der Waals surface area contributed by atoms with Crippen molar-refractivity contribution in [3.8, 4) is 0 Å². The Morgan fingerprint density at radius 3 is 2.47 bits per heavy atom. The molecule has 1 aliphatic heterocycles. The number of para-hydroxylation sites is 1. The summed E-state index contributed by atoms with van der Waals surface area (Å²) in [5, 5.41) is 3.06. The van der Waals surface area contributed by atoms with Crippen LogP contribution in [0.1, 0.15) is 0 Å². The highest BCUT2D eigenvalue weighted by Gasteiger charge is 2.16. The molecule has 1 heterocycles. The lowest BCUT2D eigenvalue weighted by Gasteiger charge is -2.34. The highest BCUT2D eigenvalue weighted by molar-refractivity contribution is 5.66. The van der Waals surface area contributed by atoms with Crippen LogP contribution >= 0.6 is 0 Å². The molecule has 1 fully saturated rings. The molecule has 1 aromatic rings. The first-order valence-electron chi connectivity index (χ1n) is 5.17. The van der Waals surface area contributed by atoms with Crippen molar-refractivity contribution in [1.29, 1.82) is 0 Å². The maximum Gasteiger partial charge on any atom is 0.131 e. The molecule has 4 heteroatoms. The molecular formula is C11H15N3O. The molecule has 0 aromatic heterocycles. The van der Waals surface area contributed by atoms with E-state index in [1.807, 2.05) is 18.2 Å². The number of nitroso groups, excluding NO2 is 1. The van der Waals surface area contributed by atoms with Crippen molar-refractivity contribution >= 4 is 11.4 Å². The van der Waals surface area contributed by atoms with Gasteiger partial charge >= 0.3 is 0 Å². The Bertz CT molecular complexity index is 345. The lowest BCUT2D eigenvalue weighted by molar-refractivity contribution is 0.313. The van der Waals surface area contributed by atoms with Gasteiger partial charge < -0.3 is 9.80 Å². The Labute approximate surface area is 89.5 Å². The molecule has 0 radical (unpaired) electrons. The fourth-order valence-electron chi connectivity index (χ4n) is 1.86. The Balaban J connectivity index is 2.18. The molecule has 15 heavy (non-hydrogen) atoms. The monoisotopic (exact) mass is 205 g/mol. The Morgan fingerprint density at radius 2 is 1.80 bits per heavy atom. The zero-order valence-corrected chi connectivity index (χ0v) is 8.89. The van der Waals surface area contributed by atoms with Crippen molar-refractivity contribution in [2.45, 2.75) is 0 Å². The van der Waals surface area contributed by atoms with Crippen LogP contribution in [0.25, 0.3) is 0 Å². The molecule has 0 aliphatic carbocycles. The van der Waals surface area contributed by atoms with Crippen LogP contribution in [0.15, 0.2) is 29.4 Å². The summed E-state index contributed by atoms with van der Waals surface area (Å²) >= 11 is 0. The predicted octanol–water partition coefficient (Wildman–Crippen LogP) is 1.84. The lowest BCUT2D eigenvalue weighted by atomic mass is 10.2. The average Bonchev–Trinajstić information content (AvgIpc) is 2.30. The van der Waals surface area contributed by atoms with Gasteiger partial charge in [0.1, 0.15) is 5.69 Å². The molecule has 4 nitrogen and oxygen atoms in total. The van der Waals surface area contributed by atoms with Crippen molar-refractivity contribution in [2.75, 3.05) is 38.1 Å². The van der Waals surface area contributed by atoms with E-state index in [1.165, 1.54) is 0 Å². The molecule has 80 valence electrons. The van der Waals surface area contributed by atoms with Gasteiger partial charge in [0.15, 0.2) is 0 Å². The van der Waals surface area contributed by atoms with E-state index in [0.717, 1.165) is 31.9 Å². The van der Waals surface area contributed by atoms with E-state index in [4.69, 9.17) is 0 Å². The molecule has 0 bridgehead atoms. The van der Waals surface area contributed by atoms with Gasteiger partial charge in [-0.05, 0) is 24.4 Å². The summed E-state index contributed by atoms with van der Waals surface area (Å²) in [5.41, 5.74) is 1.50. The van der Waals surface area contributed by atoms with Gasteiger partial charge in [-0.15, -0.1) is 4.91 Å². The molecule has 0 unspecified atom stereocenters. The molecule has 0 saturated carbocycles. The van der Waals surface area contributed by atoms with E-state index in [-0.39, 0.29) is 0 Å². The van der Waals surface area contributed by atoms with E-state index in [0.29, 0.717) is 5.69 Å². The van der Waals surface area contributed by atoms with Gasteiger partial charge in [0, 0.05) is 26.2 Å². The quantitative estimate of drug-likeness (QED) is 0.691. The van der Waals surface area contributed by atoms with Crippen LogP contribution in [0.4, 0.5) is 11.4 Å². The van der Waals surface area contributed by atoms with Gasteiger partial charge in [-0.1, -0.05) is 12.1 Å². The van der Waals surface area contributed by atoms with Crippen LogP contribution in [-0.4, -0.2) is 38.1 Å². The zero-order valence-electron chi connectivity index (χ0n) is 8.89. The summed E-state index contributed by atoms with van der Waals surface area (Å²) in [6, 6.07) is 7.52. The fourth-order valence-corrected chi connectivity index (χ4v) is 1.86. The third-order valence-corrected chi connectivity index (χ3v) is 2.82. The molecule has 1 aliphatic rings. The Morgan fingerprint density at radius 1 is 1.13 bits per heavy atom. The molecule has 0 N–H and O–H groups in total. The number of hydrogen-bond donors (Lipinski definition) is 0. The summed E-state index contributed by atoms with van der Waals surface area (Å²) in [5.74, 6) is 0. The highest BCUT2D eigenvalue weighted by Crippen LogP contribution is 2.28. The van der Waals surface area contributed by atoms with E-state index < -0.39 is 0 Å². The summed E-state index contributed by atoms with van der Waals surface area (Å²) in [7, 11) is 2.11. The topological polar surface area (TPSA) is 35.9 Å². The number of likely N-dealkylation sites (N-methyl/N-ethyl adjacent to an activating group) is 1. The smallest absolute Gasteiger partial charge is 0.131 e. The molecule has 0 atom stereocenters. The summed E-state index contributed by atoms with van der Waals surface area (Å²) in [6.07, 6.45) is 0. The number of benzene rings is 1. The zero-order chi connectivity index (χ0) is 10.7. The maximum absolute atomic E-state index is 10.6. The van der Waals surface area contributed by atoms with Crippen LogP contribution in [0.2, 0.25) is 0 Å². The van der Waals surface area contributed by atoms with Crippen molar-refractivity contribution in [3.05, 3.63) is 29.2 Å². The van der Waals surface area contributed by atoms with Crippen LogP contribution in [-0.2, 0) is 0 Å². The number of nitrogens with zero attached hydrogens (tertiary/aromatic N) is 3. The third kappa shape index (κ3) is 2.15. The van der Waals surface area contributed by atoms with E-state index >= 15 is 0 Å². The van der Waals surface area contributed by atoms with Crippen molar-refractivity contribution < 1.29 is 0 Å². The third-order valence-electron chi connectivity index (χ3n) is 2.82. The molecule has 0 amide bonds. The molecule has 1 aromatic carbocycles. The van der Waals surface area contributed by atoms with Gasteiger partial charge in [0.2, 0.25) is 0 Å². The maximum atomic E-state index is 10.6. The average molecular weight is 205 g/mol. The largest absolute Gasteiger partial charge is 0.367 e.